The van der Waals surface area contributed by atoms with Crippen molar-refractivity contribution in [3.63, 3.8) is 0 Å². The number of halogens is 1. The maximum Gasteiger partial charge on any atom is 0.237 e. The molecule has 0 aromatic carbocycles. The molecule has 0 saturated carbocycles. The lowest BCUT2D eigenvalue weighted by atomic mass is 9.96. The van der Waals surface area contributed by atoms with Crippen LogP contribution < -0.4 is 10.6 Å². The van der Waals surface area contributed by atoms with E-state index in [-0.39, 0.29) is 23.8 Å². The molecule has 24 heavy (non-hydrogen) atoms. The quantitative estimate of drug-likeness (QED) is 0.773. The Labute approximate surface area is 151 Å². The summed E-state index contributed by atoms with van der Waals surface area (Å²) < 4.78 is 0.872. The predicted molar refractivity (Wildman–Crippen MR) is 97.6 cm³/mol. The van der Waals surface area contributed by atoms with Crippen molar-refractivity contribution in [1.82, 2.24) is 15.2 Å². The summed E-state index contributed by atoms with van der Waals surface area (Å²) in [4.78, 5) is 30.9. The molecular weight excluding hydrogens is 372 g/mol. The maximum atomic E-state index is 12.5. The predicted octanol–water partition coefficient (Wildman–Crippen LogP) is 2.41. The zero-order valence-electron chi connectivity index (χ0n) is 14.2. The van der Waals surface area contributed by atoms with E-state index in [0.717, 1.165) is 30.3 Å². The van der Waals surface area contributed by atoms with Gasteiger partial charge in [0.05, 0.1) is 12.0 Å². The SMILES string of the molecule is CCCNC(=O)C(C)N1CCCC(C(=O)Nc2ccc(Br)cn2)C1. The molecule has 2 rings (SSSR count). The lowest BCUT2D eigenvalue weighted by molar-refractivity contribution is -0.129. The standard InChI is InChI=1S/C17H25BrN4O2/c1-3-8-19-16(23)12(2)22-9-4-5-13(11-22)17(24)21-15-7-6-14(18)10-20-15/h6-7,10,12-13H,3-5,8-9,11H2,1-2H3,(H,19,23)(H,20,21,24). The van der Waals surface area contributed by atoms with Gasteiger partial charge in [-0.1, -0.05) is 6.92 Å². The number of pyridine rings is 1. The molecule has 1 fully saturated rings. The highest BCUT2D eigenvalue weighted by Gasteiger charge is 2.30. The average Bonchev–Trinajstić information content (AvgIpc) is 2.61. The summed E-state index contributed by atoms with van der Waals surface area (Å²) in [6, 6.07) is 3.40. The highest BCUT2D eigenvalue weighted by molar-refractivity contribution is 9.10. The first-order valence-electron chi connectivity index (χ1n) is 8.45. The molecule has 1 aliphatic heterocycles. The number of aromatic nitrogens is 1. The first kappa shape index (κ1) is 18.9. The van der Waals surface area contributed by atoms with Crippen LogP contribution in [0.5, 0.6) is 0 Å². The van der Waals surface area contributed by atoms with Crippen LogP contribution in [0.2, 0.25) is 0 Å². The van der Waals surface area contributed by atoms with Crippen LogP contribution >= 0.6 is 15.9 Å². The van der Waals surface area contributed by atoms with Crippen LogP contribution in [0.25, 0.3) is 0 Å². The van der Waals surface area contributed by atoms with E-state index < -0.39 is 0 Å². The fourth-order valence-electron chi connectivity index (χ4n) is 2.81. The van der Waals surface area contributed by atoms with E-state index in [4.69, 9.17) is 0 Å². The lowest BCUT2D eigenvalue weighted by Gasteiger charge is -2.35. The Kier molecular flexibility index (Phi) is 7.17. The topological polar surface area (TPSA) is 74.3 Å². The molecule has 0 aliphatic carbocycles. The van der Waals surface area contributed by atoms with E-state index in [2.05, 4.69) is 36.4 Å². The van der Waals surface area contributed by atoms with Crippen LogP contribution in [0.15, 0.2) is 22.8 Å². The molecule has 2 unspecified atom stereocenters. The average molecular weight is 397 g/mol. The van der Waals surface area contributed by atoms with E-state index >= 15 is 0 Å². The minimum absolute atomic E-state index is 0.0318. The monoisotopic (exact) mass is 396 g/mol. The third-order valence-corrected chi connectivity index (χ3v) is 4.75. The van der Waals surface area contributed by atoms with Crippen molar-refractivity contribution in [2.24, 2.45) is 5.92 Å². The molecule has 0 bridgehead atoms. The van der Waals surface area contributed by atoms with Gasteiger partial charge in [-0.05, 0) is 60.8 Å². The Balaban J connectivity index is 1.90. The van der Waals surface area contributed by atoms with E-state index in [0.29, 0.717) is 18.9 Å². The summed E-state index contributed by atoms with van der Waals surface area (Å²) in [5.74, 6) is 0.433. The Bertz CT molecular complexity index is 564. The molecule has 132 valence electrons. The Morgan fingerprint density at radius 1 is 1.46 bits per heavy atom. The van der Waals surface area contributed by atoms with Gasteiger partial charge in [0.1, 0.15) is 5.82 Å². The Hall–Kier alpha value is -1.47. The van der Waals surface area contributed by atoms with Crippen LogP contribution in [-0.2, 0) is 9.59 Å². The zero-order chi connectivity index (χ0) is 17.5. The molecular formula is C17H25BrN4O2. The van der Waals surface area contributed by atoms with Gasteiger partial charge >= 0.3 is 0 Å². The summed E-state index contributed by atoms with van der Waals surface area (Å²) in [6.07, 6.45) is 4.33. The van der Waals surface area contributed by atoms with Crippen molar-refractivity contribution < 1.29 is 9.59 Å². The number of rotatable bonds is 6. The second kappa shape index (κ2) is 9.13. The van der Waals surface area contributed by atoms with E-state index in [1.165, 1.54) is 0 Å². The maximum absolute atomic E-state index is 12.5. The number of hydrogen-bond acceptors (Lipinski definition) is 4. The molecule has 2 heterocycles. The smallest absolute Gasteiger partial charge is 0.237 e. The number of anilines is 1. The number of nitrogens with one attached hydrogen (secondary N) is 2. The van der Waals surface area contributed by atoms with Gasteiger partial charge < -0.3 is 10.6 Å². The van der Waals surface area contributed by atoms with Gasteiger partial charge in [0.2, 0.25) is 11.8 Å². The van der Waals surface area contributed by atoms with Crippen molar-refractivity contribution >= 4 is 33.6 Å². The Morgan fingerprint density at radius 2 is 2.25 bits per heavy atom. The molecule has 2 N–H and O–H groups in total. The summed E-state index contributed by atoms with van der Waals surface area (Å²) in [6.45, 7) is 6.07. The van der Waals surface area contributed by atoms with Gasteiger partial charge in [-0.2, -0.15) is 0 Å². The number of amides is 2. The van der Waals surface area contributed by atoms with Gasteiger partial charge in [-0.15, -0.1) is 0 Å². The fraction of sp³-hybridized carbons (Fsp3) is 0.588. The minimum atomic E-state index is -0.210. The number of hydrogen-bond donors (Lipinski definition) is 2. The van der Waals surface area contributed by atoms with Crippen LogP contribution in [0.3, 0.4) is 0 Å². The largest absolute Gasteiger partial charge is 0.355 e. The van der Waals surface area contributed by atoms with Crippen molar-refractivity contribution in [3.8, 4) is 0 Å². The van der Waals surface area contributed by atoms with Gasteiger partial charge in [-0.3, -0.25) is 14.5 Å². The molecule has 1 aliphatic rings. The van der Waals surface area contributed by atoms with Gasteiger partial charge in [0, 0.05) is 23.8 Å². The van der Waals surface area contributed by atoms with Crippen LogP contribution in [0.1, 0.15) is 33.1 Å². The molecule has 6 nitrogen and oxygen atoms in total. The molecule has 0 spiro atoms. The van der Waals surface area contributed by atoms with E-state index in [1.807, 2.05) is 19.9 Å². The number of carbonyl (C=O) groups excluding carboxylic acids is 2. The highest BCUT2D eigenvalue weighted by atomic mass is 79.9. The van der Waals surface area contributed by atoms with Crippen molar-refractivity contribution in [3.05, 3.63) is 22.8 Å². The summed E-state index contributed by atoms with van der Waals surface area (Å²) in [7, 11) is 0. The summed E-state index contributed by atoms with van der Waals surface area (Å²) in [5, 5.41) is 5.79. The summed E-state index contributed by atoms with van der Waals surface area (Å²) >= 11 is 3.32. The molecule has 0 radical (unpaired) electrons. The molecule has 2 amide bonds. The molecule has 1 aromatic heterocycles. The van der Waals surface area contributed by atoms with Crippen molar-refractivity contribution in [2.45, 2.75) is 39.2 Å². The first-order chi connectivity index (χ1) is 11.5. The number of nitrogens with zero attached hydrogens (tertiary/aromatic N) is 2. The van der Waals surface area contributed by atoms with E-state index in [1.54, 1.807) is 12.3 Å². The van der Waals surface area contributed by atoms with Gasteiger partial charge in [0.25, 0.3) is 0 Å². The molecule has 7 heteroatoms. The summed E-state index contributed by atoms with van der Waals surface area (Å²) in [5.41, 5.74) is 0. The van der Waals surface area contributed by atoms with Gasteiger partial charge in [-0.25, -0.2) is 4.98 Å². The van der Waals surface area contributed by atoms with Crippen molar-refractivity contribution in [2.75, 3.05) is 25.0 Å². The lowest BCUT2D eigenvalue weighted by Crippen LogP contribution is -2.50. The third kappa shape index (κ3) is 5.27. The van der Waals surface area contributed by atoms with E-state index in [9.17, 15) is 9.59 Å². The second-order valence-corrected chi connectivity index (χ2v) is 7.07. The zero-order valence-corrected chi connectivity index (χ0v) is 15.8. The molecule has 2 atom stereocenters. The normalized spacial score (nSPS) is 19.5. The van der Waals surface area contributed by atoms with Crippen LogP contribution in [0.4, 0.5) is 5.82 Å². The Morgan fingerprint density at radius 3 is 2.92 bits per heavy atom. The highest BCUT2D eigenvalue weighted by Crippen LogP contribution is 2.20. The molecule has 1 saturated heterocycles. The van der Waals surface area contributed by atoms with Crippen LogP contribution in [-0.4, -0.2) is 47.4 Å². The minimum Gasteiger partial charge on any atom is -0.355 e. The second-order valence-electron chi connectivity index (χ2n) is 6.15. The number of likely N-dealkylation sites (tertiary alicyclic amines) is 1. The first-order valence-corrected chi connectivity index (χ1v) is 9.24. The van der Waals surface area contributed by atoms with Crippen molar-refractivity contribution in [1.29, 1.82) is 0 Å². The van der Waals surface area contributed by atoms with Gasteiger partial charge in [0.15, 0.2) is 0 Å². The number of piperidine rings is 1. The molecule has 1 aromatic rings. The third-order valence-electron chi connectivity index (χ3n) is 4.28. The number of carbonyl (C=O) groups is 2. The fourth-order valence-corrected chi connectivity index (χ4v) is 3.05. The van der Waals surface area contributed by atoms with Crippen LogP contribution in [0, 0.1) is 5.92 Å².